The summed E-state index contributed by atoms with van der Waals surface area (Å²) in [6, 6.07) is 7.89. The first kappa shape index (κ1) is 16.5. The summed E-state index contributed by atoms with van der Waals surface area (Å²) < 4.78 is 5.14. The molecule has 3 rings (SSSR count). The van der Waals surface area contributed by atoms with Crippen molar-refractivity contribution in [2.45, 2.75) is 51.7 Å². The van der Waals surface area contributed by atoms with Crippen LogP contribution in [0.3, 0.4) is 0 Å². The second-order valence-electron chi connectivity index (χ2n) is 6.36. The Morgan fingerprint density at radius 3 is 2.58 bits per heavy atom. The van der Waals surface area contributed by atoms with E-state index in [2.05, 4.69) is 5.16 Å². The average molecular weight is 330 g/mol. The van der Waals surface area contributed by atoms with Crippen LogP contribution in [0.25, 0.3) is 0 Å². The summed E-state index contributed by atoms with van der Waals surface area (Å²) in [6.07, 6.45) is 0.300. The summed E-state index contributed by atoms with van der Waals surface area (Å²) in [5.74, 6) is -0.368. The van der Waals surface area contributed by atoms with Crippen LogP contribution in [0.15, 0.2) is 29.4 Å². The van der Waals surface area contributed by atoms with Gasteiger partial charge in [-0.15, -0.1) is 0 Å². The van der Waals surface area contributed by atoms with Crippen molar-refractivity contribution in [2.75, 3.05) is 6.61 Å². The predicted molar refractivity (Wildman–Crippen MR) is 88.7 cm³/mol. The lowest BCUT2D eigenvalue weighted by molar-refractivity contribution is -0.142. The number of cyclic esters (lactones) is 1. The molecule has 1 unspecified atom stereocenters. The molecule has 0 aromatic heterocycles. The Bertz CT molecular complexity index is 677. The SMILES string of the molecule is CCC1(CC)COC(=O)N1C(=O)C1CC(c2ccc(C)cc2)=NO1. The number of carbonyl (C=O) groups excluding carboxylic acids is 2. The lowest BCUT2D eigenvalue weighted by atomic mass is 9.92. The van der Waals surface area contributed by atoms with Crippen LogP contribution < -0.4 is 0 Å². The molecular weight excluding hydrogens is 308 g/mol. The van der Waals surface area contributed by atoms with Gasteiger partial charge in [-0.2, -0.15) is 0 Å². The van der Waals surface area contributed by atoms with Crippen molar-refractivity contribution >= 4 is 17.7 Å². The molecule has 1 aromatic carbocycles. The van der Waals surface area contributed by atoms with Crippen LogP contribution in [-0.2, 0) is 14.4 Å². The Hall–Kier alpha value is -2.37. The van der Waals surface area contributed by atoms with Gasteiger partial charge in [0.15, 0.2) is 0 Å². The molecule has 2 aliphatic rings. The van der Waals surface area contributed by atoms with E-state index in [4.69, 9.17) is 9.57 Å². The highest BCUT2D eigenvalue weighted by Gasteiger charge is 2.51. The van der Waals surface area contributed by atoms with Crippen LogP contribution >= 0.6 is 0 Å². The third-order valence-corrected chi connectivity index (χ3v) is 4.99. The number of oxime groups is 1. The maximum Gasteiger partial charge on any atom is 0.417 e. The normalized spacial score (nSPS) is 22.1. The fourth-order valence-corrected chi connectivity index (χ4v) is 3.18. The van der Waals surface area contributed by atoms with Crippen LogP contribution in [0, 0.1) is 6.92 Å². The van der Waals surface area contributed by atoms with Gasteiger partial charge < -0.3 is 9.57 Å². The quantitative estimate of drug-likeness (QED) is 0.851. The topological polar surface area (TPSA) is 68.2 Å². The molecule has 1 aromatic rings. The third-order valence-electron chi connectivity index (χ3n) is 4.99. The van der Waals surface area contributed by atoms with Crippen LogP contribution in [-0.4, -0.2) is 40.9 Å². The minimum atomic E-state index is -0.774. The number of ether oxygens (including phenoxy) is 1. The summed E-state index contributed by atoms with van der Waals surface area (Å²) in [5.41, 5.74) is 2.22. The fraction of sp³-hybridized carbons (Fsp3) is 0.500. The molecule has 0 bridgehead atoms. The second kappa shape index (κ2) is 6.26. The lowest BCUT2D eigenvalue weighted by Gasteiger charge is -2.32. The van der Waals surface area contributed by atoms with E-state index in [0.717, 1.165) is 16.8 Å². The van der Waals surface area contributed by atoms with Crippen molar-refractivity contribution in [3.05, 3.63) is 35.4 Å². The van der Waals surface area contributed by atoms with Gasteiger partial charge in [-0.25, -0.2) is 9.69 Å². The number of aryl methyl sites for hydroxylation is 1. The van der Waals surface area contributed by atoms with Gasteiger partial charge in [0.2, 0.25) is 6.10 Å². The van der Waals surface area contributed by atoms with Gasteiger partial charge in [0.05, 0.1) is 11.3 Å². The summed E-state index contributed by atoms with van der Waals surface area (Å²) >= 11 is 0. The Balaban J connectivity index is 1.75. The standard InChI is InChI=1S/C18H22N2O4/c1-4-18(5-2)11-23-17(22)20(18)16(21)15-10-14(19-24-15)13-8-6-12(3)7-9-13/h6-9,15H,4-5,10-11H2,1-3H3. The number of amides is 2. The summed E-state index contributed by atoms with van der Waals surface area (Å²) in [6.45, 7) is 6.16. The summed E-state index contributed by atoms with van der Waals surface area (Å²) in [7, 11) is 0. The Labute approximate surface area is 141 Å². The molecule has 2 amide bonds. The van der Waals surface area contributed by atoms with E-state index in [1.807, 2.05) is 45.0 Å². The number of carbonyl (C=O) groups is 2. The second-order valence-corrected chi connectivity index (χ2v) is 6.36. The Morgan fingerprint density at radius 1 is 1.29 bits per heavy atom. The predicted octanol–water partition coefficient (Wildman–Crippen LogP) is 3.03. The zero-order valence-corrected chi connectivity index (χ0v) is 14.2. The molecule has 24 heavy (non-hydrogen) atoms. The third kappa shape index (κ3) is 2.66. The highest BCUT2D eigenvalue weighted by atomic mass is 16.6. The molecule has 6 heteroatoms. The maximum atomic E-state index is 12.8. The minimum Gasteiger partial charge on any atom is -0.447 e. The van der Waals surface area contributed by atoms with Crippen LogP contribution in [0.5, 0.6) is 0 Å². The zero-order chi connectivity index (χ0) is 17.3. The lowest BCUT2D eigenvalue weighted by Crippen LogP contribution is -2.53. The van der Waals surface area contributed by atoms with Gasteiger partial charge in [-0.05, 0) is 25.3 Å². The molecular formula is C18H22N2O4. The minimum absolute atomic E-state index is 0.239. The Kier molecular flexibility index (Phi) is 4.30. The highest BCUT2D eigenvalue weighted by molar-refractivity contribution is 6.06. The van der Waals surface area contributed by atoms with Gasteiger partial charge >= 0.3 is 6.09 Å². The molecule has 2 aliphatic heterocycles. The van der Waals surface area contributed by atoms with E-state index in [0.29, 0.717) is 19.3 Å². The van der Waals surface area contributed by atoms with Crippen molar-refractivity contribution in [3.8, 4) is 0 Å². The van der Waals surface area contributed by atoms with Crippen LogP contribution in [0.4, 0.5) is 4.79 Å². The number of hydrogen-bond donors (Lipinski definition) is 0. The summed E-state index contributed by atoms with van der Waals surface area (Å²) in [5, 5.41) is 4.05. The van der Waals surface area contributed by atoms with Gasteiger partial charge in [0.1, 0.15) is 6.61 Å². The summed E-state index contributed by atoms with van der Waals surface area (Å²) in [4.78, 5) is 31.5. The molecule has 0 N–H and O–H groups in total. The molecule has 128 valence electrons. The monoisotopic (exact) mass is 330 g/mol. The molecule has 1 saturated heterocycles. The van der Waals surface area contributed by atoms with E-state index in [1.165, 1.54) is 4.90 Å². The van der Waals surface area contributed by atoms with Crippen LogP contribution in [0.2, 0.25) is 0 Å². The van der Waals surface area contributed by atoms with E-state index >= 15 is 0 Å². The van der Waals surface area contributed by atoms with E-state index < -0.39 is 17.7 Å². The molecule has 1 atom stereocenters. The Morgan fingerprint density at radius 2 is 1.96 bits per heavy atom. The number of imide groups is 1. The number of rotatable bonds is 4. The van der Waals surface area contributed by atoms with Gasteiger partial charge in [-0.3, -0.25) is 4.79 Å². The highest BCUT2D eigenvalue weighted by Crippen LogP contribution is 2.33. The van der Waals surface area contributed by atoms with Crippen molar-refractivity contribution in [1.29, 1.82) is 0 Å². The van der Waals surface area contributed by atoms with Gasteiger partial charge in [0.25, 0.3) is 5.91 Å². The number of benzene rings is 1. The van der Waals surface area contributed by atoms with Crippen molar-refractivity contribution in [3.63, 3.8) is 0 Å². The van der Waals surface area contributed by atoms with E-state index in [9.17, 15) is 9.59 Å². The zero-order valence-electron chi connectivity index (χ0n) is 14.2. The first-order valence-electron chi connectivity index (χ1n) is 8.31. The number of nitrogens with zero attached hydrogens (tertiary/aromatic N) is 2. The molecule has 1 fully saturated rings. The smallest absolute Gasteiger partial charge is 0.417 e. The number of hydrogen-bond acceptors (Lipinski definition) is 5. The maximum absolute atomic E-state index is 12.8. The largest absolute Gasteiger partial charge is 0.447 e. The van der Waals surface area contributed by atoms with Gasteiger partial charge in [0, 0.05) is 6.42 Å². The van der Waals surface area contributed by atoms with E-state index in [-0.39, 0.29) is 12.5 Å². The molecule has 0 spiro atoms. The first-order chi connectivity index (χ1) is 11.5. The molecule has 2 heterocycles. The van der Waals surface area contributed by atoms with Crippen LogP contribution in [0.1, 0.15) is 44.2 Å². The fourth-order valence-electron chi connectivity index (χ4n) is 3.18. The van der Waals surface area contributed by atoms with Crippen molar-refractivity contribution in [2.24, 2.45) is 5.16 Å². The van der Waals surface area contributed by atoms with E-state index in [1.54, 1.807) is 0 Å². The molecule has 0 radical (unpaired) electrons. The van der Waals surface area contributed by atoms with Crippen molar-refractivity contribution < 1.29 is 19.2 Å². The van der Waals surface area contributed by atoms with Gasteiger partial charge in [-0.1, -0.05) is 48.8 Å². The molecule has 6 nitrogen and oxygen atoms in total. The molecule has 0 saturated carbocycles. The molecule has 0 aliphatic carbocycles. The van der Waals surface area contributed by atoms with Crippen molar-refractivity contribution in [1.82, 2.24) is 4.90 Å². The first-order valence-corrected chi connectivity index (χ1v) is 8.31. The average Bonchev–Trinajstić information content (AvgIpc) is 3.20.